The van der Waals surface area contributed by atoms with Crippen LogP contribution in [0.15, 0.2) is 58.1 Å². The largest absolute Gasteiger partial charge is 0.326 e. The van der Waals surface area contributed by atoms with Crippen LogP contribution >= 0.6 is 0 Å². The molecule has 0 aliphatic carbocycles. The van der Waals surface area contributed by atoms with Crippen molar-refractivity contribution in [3.05, 3.63) is 69.2 Å². The highest BCUT2D eigenvalue weighted by Crippen LogP contribution is 2.16. The lowest BCUT2D eigenvalue weighted by atomic mass is 10.2. The molecule has 0 spiro atoms. The van der Waals surface area contributed by atoms with Gasteiger partial charge in [-0.05, 0) is 36.8 Å². The maximum atomic E-state index is 12.5. The van der Waals surface area contributed by atoms with Gasteiger partial charge in [-0.2, -0.15) is 0 Å². The fraction of sp³-hybridized carbons (Fsp3) is 0.238. The van der Waals surface area contributed by atoms with Crippen molar-refractivity contribution >= 4 is 34.0 Å². The Bertz CT molecular complexity index is 1160. The van der Waals surface area contributed by atoms with Crippen molar-refractivity contribution in [3.8, 4) is 0 Å². The van der Waals surface area contributed by atoms with Crippen LogP contribution in [-0.4, -0.2) is 21.6 Å². The standard InChI is InChI=1S/C21H22N4O4/c1-2-6-18(26)22-14-7-5-8-15(13-14)23-19(27)11-12-25-21(29)17-10-4-3-9-16(17)20(28)24-25/h3-5,7-10,13H,2,6,11-12H2,1H3,(H,22,26)(H,23,27)(H,24,28). The van der Waals surface area contributed by atoms with E-state index < -0.39 is 0 Å². The molecule has 3 rings (SSSR count). The molecular formula is C21H22N4O4. The minimum Gasteiger partial charge on any atom is -0.326 e. The average molecular weight is 394 g/mol. The summed E-state index contributed by atoms with van der Waals surface area (Å²) in [6.45, 7) is 1.96. The van der Waals surface area contributed by atoms with E-state index in [1.807, 2.05) is 6.92 Å². The Morgan fingerprint density at radius 3 is 2.17 bits per heavy atom. The van der Waals surface area contributed by atoms with E-state index in [2.05, 4.69) is 15.7 Å². The lowest BCUT2D eigenvalue weighted by Gasteiger charge is -2.10. The molecule has 0 aliphatic rings. The number of H-pyrrole nitrogens is 1. The van der Waals surface area contributed by atoms with Gasteiger partial charge in [0.15, 0.2) is 0 Å². The van der Waals surface area contributed by atoms with Crippen molar-refractivity contribution in [1.29, 1.82) is 0 Å². The Hall–Kier alpha value is -3.68. The Morgan fingerprint density at radius 1 is 0.897 bits per heavy atom. The van der Waals surface area contributed by atoms with Gasteiger partial charge in [-0.1, -0.05) is 25.1 Å². The van der Waals surface area contributed by atoms with E-state index in [9.17, 15) is 19.2 Å². The van der Waals surface area contributed by atoms with Crippen LogP contribution in [-0.2, 0) is 16.1 Å². The number of nitrogens with zero attached hydrogens (tertiary/aromatic N) is 1. The number of amides is 2. The Balaban J connectivity index is 1.66. The summed E-state index contributed by atoms with van der Waals surface area (Å²) in [7, 11) is 0. The number of rotatable bonds is 7. The maximum Gasteiger partial charge on any atom is 0.273 e. The first-order valence-electron chi connectivity index (χ1n) is 9.39. The van der Waals surface area contributed by atoms with Gasteiger partial charge in [0.05, 0.1) is 17.3 Å². The first-order chi connectivity index (χ1) is 14.0. The molecule has 0 aliphatic heterocycles. The summed E-state index contributed by atoms with van der Waals surface area (Å²) in [6, 6.07) is 13.4. The molecule has 2 aromatic carbocycles. The molecule has 3 aromatic rings. The number of aromatic amines is 1. The first kappa shape index (κ1) is 20.1. The van der Waals surface area contributed by atoms with E-state index in [1.54, 1.807) is 48.5 Å². The number of aryl methyl sites for hydroxylation is 1. The Kier molecular flexibility index (Phi) is 6.23. The molecule has 8 heteroatoms. The molecule has 1 heterocycles. The van der Waals surface area contributed by atoms with Crippen molar-refractivity contribution in [2.45, 2.75) is 32.7 Å². The second kappa shape index (κ2) is 9.01. The zero-order valence-corrected chi connectivity index (χ0v) is 16.0. The number of fused-ring (bicyclic) bond motifs is 1. The number of aromatic nitrogens is 2. The molecule has 1 aromatic heterocycles. The molecular weight excluding hydrogens is 372 g/mol. The molecule has 0 saturated heterocycles. The molecule has 150 valence electrons. The van der Waals surface area contributed by atoms with E-state index in [1.165, 1.54) is 0 Å². The van der Waals surface area contributed by atoms with Gasteiger partial charge in [-0.15, -0.1) is 0 Å². The van der Waals surface area contributed by atoms with Crippen LogP contribution in [0.1, 0.15) is 26.2 Å². The van der Waals surface area contributed by atoms with Gasteiger partial charge in [-0.3, -0.25) is 24.3 Å². The Morgan fingerprint density at radius 2 is 1.52 bits per heavy atom. The zero-order valence-electron chi connectivity index (χ0n) is 16.0. The second-order valence-corrected chi connectivity index (χ2v) is 6.62. The first-order valence-corrected chi connectivity index (χ1v) is 9.39. The highest BCUT2D eigenvalue weighted by Gasteiger charge is 2.09. The average Bonchev–Trinajstić information content (AvgIpc) is 2.70. The van der Waals surface area contributed by atoms with E-state index in [0.29, 0.717) is 28.6 Å². The van der Waals surface area contributed by atoms with Crippen LogP contribution < -0.4 is 21.8 Å². The van der Waals surface area contributed by atoms with E-state index in [0.717, 1.165) is 11.1 Å². The van der Waals surface area contributed by atoms with Gasteiger partial charge >= 0.3 is 0 Å². The second-order valence-electron chi connectivity index (χ2n) is 6.62. The predicted octanol–water partition coefficient (Wildman–Crippen LogP) is 2.46. The molecule has 0 atom stereocenters. The molecule has 0 unspecified atom stereocenters. The smallest absolute Gasteiger partial charge is 0.273 e. The minimum absolute atomic E-state index is 0.000604. The number of anilines is 2. The SMILES string of the molecule is CCCC(=O)Nc1cccc(NC(=O)CCn2[nH]c(=O)c3ccccc3c2=O)c1. The fourth-order valence-corrected chi connectivity index (χ4v) is 2.97. The van der Waals surface area contributed by atoms with Crippen molar-refractivity contribution in [2.75, 3.05) is 10.6 Å². The topological polar surface area (TPSA) is 113 Å². The zero-order chi connectivity index (χ0) is 20.8. The third kappa shape index (κ3) is 4.98. The van der Waals surface area contributed by atoms with Gasteiger partial charge in [0, 0.05) is 24.2 Å². The van der Waals surface area contributed by atoms with Crippen molar-refractivity contribution < 1.29 is 9.59 Å². The number of benzene rings is 2. The van der Waals surface area contributed by atoms with Crippen molar-refractivity contribution in [1.82, 2.24) is 9.78 Å². The molecule has 0 saturated carbocycles. The van der Waals surface area contributed by atoms with Gasteiger partial charge in [0.25, 0.3) is 11.1 Å². The van der Waals surface area contributed by atoms with Crippen LogP contribution in [0, 0.1) is 0 Å². The van der Waals surface area contributed by atoms with Crippen LogP contribution in [0.4, 0.5) is 11.4 Å². The number of carbonyl (C=O) groups excluding carboxylic acids is 2. The lowest BCUT2D eigenvalue weighted by molar-refractivity contribution is -0.117. The number of carbonyl (C=O) groups is 2. The van der Waals surface area contributed by atoms with Crippen LogP contribution in [0.2, 0.25) is 0 Å². The van der Waals surface area contributed by atoms with Gasteiger partial charge in [0.1, 0.15) is 0 Å². The van der Waals surface area contributed by atoms with Gasteiger partial charge in [-0.25, -0.2) is 4.68 Å². The number of nitrogens with one attached hydrogen (secondary N) is 3. The summed E-state index contributed by atoms with van der Waals surface area (Å²) >= 11 is 0. The molecule has 8 nitrogen and oxygen atoms in total. The maximum absolute atomic E-state index is 12.5. The normalized spacial score (nSPS) is 10.7. The van der Waals surface area contributed by atoms with E-state index in [4.69, 9.17) is 0 Å². The molecule has 0 bridgehead atoms. The van der Waals surface area contributed by atoms with Gasteiger partial charge in [0.2, 0.25) is 11.8 Å². The molecule has 3 N–H and O–H groups in total. The van der Waals surface area contributed by atoms with E-state index >= 15 is 0 Å². The number of hydrogen-bond donors (Lipinski definition) is 3. The summed E-state index contributed by atoms with van der Waals surface area (Å²) in [5.41, 5.74) is 0.393. The summed E-state index contributed by atoms with van der Waals surface area (Å²) in [6.07, 6.45) is 1.18. The highest BCUT2D eigenvalue weighted by atomic mass is 16.2. The third-order valence-electron chi connectivity index (χ3n) is 4.35. The minimum atomic E-state index is -0.379. The molecule has 0 radical (unpaired) electrons. The summed E-state index contributed by atoms with van der Waals surface area (Å²) in [4.78, 5) is 48.6. The summed E-state index contributed by atoms with van der Waals surface area (Å²) < 4.78 is 1.14. The van der Waals surface area contributed by atoms with Gasteiger partial charge < -0.3 is 10.6 Å². The van der Waals surface area contributed by atoms with Crippen LogP contribution in [0.3, 0.4) is 0 Å². The highest BCUT2D eigenvalue weighted by molar-refractivity contribution is 5.94. The van der Waals surface area contributed by atoms with Crippen molar-refractivity contribution in [2.24, 2.45) is 0 Å². The summed E-state index contributed by atoms with van der Waals surface area (Å²) in [5, 5.41) is 8.63. The monoisotopic (exact) mass is 394 g/mol. The quantitative estimate of drug-likeness (QED) is 0.571. The fourth-order valence-electron chi connectivity index (χ4n) is 2.97. The number of hydrogen-bond acceptors (Lipinski definition) is 4. The van der Waals surface area contributed by atoms with Crippen LogP contribution in [0.25, 0.3) is 10.8 Å². The molecule has 0 fully saturated rings. The molecule has 2 amide bonds. The molecule has 29 heavy (non-hydrogen) atoms. The Labute approximate surface area is 166 Å². The lowest BCUT2D eigenvalue weighted by Crippen LogP contribution is -2.31. The van der Waals surface area contributed by atoms with E-state index in [-0.39, 0.29) is 35.9 Å². The van der Waals surface area contributed by atoms with Crippen LogP contribution in [0.5, 0.6) is 0 Å². The predicted molar refractivity (Wildman–Crippen MR) is 112 cm³/mol. The summed E-state index contributed by atoms with van der Waals surface area (Å²) in [5.74, 6) is -0.404. The van der Waals surface area contributed by atoms with Crippen molar-refractivity contribution in [3.63, 3.8) is 0 Å². The third-order valence-corrected chi connectivity index (χ3v) is 4.35.